The van der Waals surface area contributed by atoms with Gasteiger partial charge < -0.3 is 19.3 Å². The predicted molar refractivity (Wildman–Crippen MR) is 166 cm³/mol. The molecular formula is C35H40N2O7. The Morgan fingerprint density at radius 1 is 1.09 bits per heavy atom. The number of benzene rings is 1. The van der Waals surface area contributed by atoms with Crippen LogP contribution in [0.5, 0.6) is 11.5 Å². The standard InChI is InChI=1S/C35H40N2O7/c1-7-21-17-35(21,34(41)43-8-2)18-29(38)24-14-22(15-25(24)33(39)40)44-31-16-28(27-11-9-10-26(36-27)19(3)4)37-32-20(5)30(42-6)13-12-23(31)32/h7,9-13,16,19,21-22,24-25H,1,8,14-15,17-18H2,2-6H3,(H,39,40)/t21-,22-,24-,25-,35-/m1/s1. The molecule has 0 spiro atoms. The van der Waals surface area contributed by atoms with Gasteiger partial charge in [0.25, 0.3) is 0 Å². The topological polar surface area (TPSA) is 125 Å². The summed E-state index contributed by atoms with van der Waals surface area (Å²) in [5.41, 5.74) is 2.82. The molecule has 0 bridgehead atoms. The Kier molecular flexibility index (Phi) is 8.77. The van der Waals surface area contributed by atoms with Gasteiger partial charge in [-0.2, -0.15) is 0 Å². The number of carboxylic acids is 1. The van der Waals surface area contributed by atoms with E-state index in [4.69, 9.17) is 24.2 Å². The lowest BCUT2D eigenvalue weighted by molar-refractivity contribution is -0.152. The molecule has 2 aromatic heterocycles. The second kappa shape index (κ2) is 12.4. The van der Waals surface area contributed by atoms with Gasteiger partial charge in [0.05, 0.1) is 42.0 Å². The van der Waals surface area contributed by atoms with Crippen molar-refractivity contribution in [2.75, 3.05) is 13.7 Å². The number of aromatic nitrogens is 2. The van der Waals surface area contributed by atoms with Gasteiger partial charge in [-0.3, -0.25) is 19.4 Å². The lowest BCUT2D eigenvalue weighted by atomic mass is 9.85. The summed E-state index contributed by atoms with van der Waals surface area (Å²) in [5.74, 6) is -2.15. The van der Waals surface area contributed by atoms with Crippen LogP contribution in [0.4, 0.5) is 0 Å². The van der Waals surface area contributed by atoms with E-state index in [1.54, 1.807) is 20.1 Å². The molecule has 5 atom stereocenters. The molecule has 2 fully saturated rings. The predicted octanol–water partition coefficient (Wildman–Crippen LogP) is 6.31. The van der Waals surface area contributed by atoms with Gasteiger partial charge in [-0.25, -0.2) is 4.98 Å². The number of aryl methyl sites for hydroxylation is 1. The maximum Gasteiger partial charge on any atom is 0.313 e. The van der Waals surface area contributed by atoms with E-state index < -0.39 is 35.3 Å². The molecule has 2 heterocycles. The van der Waals surface area contributed by atoms with Crippen LogP contribution in [0.25, 0.3) is 22.3 Å². The Bertz CT molecular complexity index is 1620. The summed E-state index contributed by atoms with van der Waals surface area (Å²) in [5, 5.41) is 10.9. The first kappa shape index (κ1) is 31.2. The zero-order valence-corrected chi connectivity index (χ0v) is 26.0. The molecule has 232 valence electrons. The Labute approximate surface area is 257 Å². The number of fused-ring (bicyclic) bond motifs is 1. The summed E-state index contributed by atoms with van der Waals surface area (Å²) >= 11 is 0. The van der Waals surface area contributed by atoms with E-state index in [1.807, 2.05) is 43.3 Å². The minimum atomic E-state index is -1.05. The number of allylic oxidation sites excluding steroid dienone is 1. The molecule has 0 aliphatic heterocycles. The molecule has 5 rings (SSSR count). The third kappa shape index (κ3) is 5.79. The Morgan fingerprint density at radius 3 is 2.48 bits per heavy atom. The number of pyridine rings is 2. The van der Waals surface area contributed by atoms with Crippen LogP contribution < -0.4 is 9.47 Å². The summed E-state index contributed by atoms with van der Waals surface area (Å²) in [7, 11) is 1.61. The number of hydrogen-bond donors (Lipinski definition) is 1. The number of carboxylic acid groups (broad SMARTS) is 1. The molecule has 0 radical (unpaired) electrons. The van der Waals surface area contributed by atoms with Gasteiger partial charge in [-0.1, -0.05) is 26.0 Å². The highest BCUT2D eigenvalue weighted by atomic mass is 16.5. The summed E-state index contributed by atoms with van der Waals surface area (Å²) in [6.45, 7) is 11.8. The van der Waals surface area contributed by atoms with Crippen LogP contribution in [0.15, 0.2) is 49.1 Å². The fourth-order valence-corrected chi connectivity index (χ4v) is 6.51. The first-order valence-corrected chi connectivity index (χ1v) is 15.2. The Balaban J connectivity index is 1.47. The van der Waals surface area contributed by atoms with Crippen molar-refractivity contribution in [2.45, 2.75) is 65.4 Å². The van der Waals surface area contributed by atoms with Gasteiger partial charge in [0.1, 0.15) is 23.4 Å². The smallest absolute Gasteiger partial charge is 0.313 e. The molecule has 2 aliphatic rings. The quantitative estimate of drug-likeness (QED) is 0.188. The molecule has 3 aromatic rings. The number of nitrogens with zero attached hydrogens (tertiary/aromatic N) is 2. The van der Waals surface area contributed by atoms with E-state index in [9.17, 15) is 19.5 Å². The van der Waals surface area contributed by atoms with Crippen LogP contribution in [-0.2, 0) is 19.1 Å². The fourth-order valence-electron chi connectivity index (χ4n) is 6.51. The highest BCUT2D eigenvalue weighted by Crippen LogP contribution is 2.58. The molecule has 1 aromatic carbocycles. The van der Waals surface area contributed by atoms with Crippen molar-refractivity contribution in [3.05, 3.63) is 60.3 Å². The number of esters is 1. The number of carbonyl (C=O) groups excluding carboxylic acids is 2. The van der Waals surface area contributed by atoms with Crippen LogP contribution in [0.3, 0.4) is 0 Å². The first-order chi connectivity index (χ1) is 21.0. The second-order valence-corrected chi connectivity index (χ2v) is 12.2. The number of hydrogen-bond acceptors (Lipinski definition) is 8. The maximum absolute atomic E-state index is 13.6. The van der Waals surface area contributed by atoms with Gasteiger partial charge >= 0.3 is 11.9 Å². The summed E-state index contributed by atoms with van der Waals surface area (Å²) < 4.78 is 17.4. The normalized spacial score (nSPS) is 24.2. The number of carbonyl (C=O) groups is 3. The van der Waals surface area contributed by atoms with Crippen LogP contribution >= 0.6 is 0 Å². The molecule has 9 nitrogen and oxygen atoms in total. The molecule has 2 saturated carbocycles. The summed E-state index contributed by atoms with van der Waals surface area (Å²) in [6, 6.07) is 11.4. The average molecular weight is 601 g/mol. The van der Waals surface area contributed by atoms with E-state index in [2.05, 4.69) is 20.4 Å². The Morgan fingerprint density at radius 2 is 1.84 bits per heavy atom. The first-order valence-electron chi connectivity index (χ1n) is 15.2. The van der Waals surface area contributed by atoms with E-state index in [-0.39, 0.29) is 43.5 Å². The van der Waals surface area contributed by atoms with Crippen molar-refractivity contribution in [3.63, 3.8) is 0 Å². The molecular weight excluding hydrogens is 560 g/mol. The van der Waals surface area contributed by atoms with E-state index >= 15 is 0 Å². The number of ether oxygens (including phenoxy) is 3. The maximum atomic E-state index is 13.6. The largest absolute Gasteiger partial charge is 0.496 e. The Hall–Kier alpha value is -4.27. The number of aliphatic carboxylic acids is 1. The van der Waals surface area contributed by atoms with Crippen molar-refractivity contribution in [2.24, 2.45) is 23.2 Å². The minimum Gasteiger partial charge on any atom is -0.496 e. The van der Waals surface area contributed by atoms with Gasteiger partial charge in [-0.05, 0) is 69.2 Å². The van der Waals surface area contributed by atoms with Crippen LogP contribution in [0, 0.1) is 30.1 Å². The van der Waals surface area contributed by atoms with Gasteiger partial charge in [0.2, 0.25) is 0 Å². The van der Waals surface area contributed by atoms with E-state index in [0.717, 1.165) is 16.6 Å². The summed E-state index contributed by atoms with van der Waals surface area (Å²) in [6.07, 6.45) is 1.94. The minimum absolute atomic E-state index is 0.0666. The molecule has 0 amide bonds. The van der Waals surface area contributed by atoms with Crippen LogP contribution in [-0.4, -0.2) is 52.6 Å². The van der Waals surface area contributed by atoms with Gasteiger partial charge in [-0.15, -0.1) is 6.58 Å². The monoisotopic (exact) mass is 600 g/mol. The molecule has 1 N–H and O–H groups in total. The van der Waals surface area contributed by atoms with Crippen molar-refractivity contribution in [1.29, 1.82) is 0 Å². The second-order valence-electron chi connectivity index (χ2n) is 12.2. The zero-order valence-electron chi connectivity index (χ0n) is 26.0. The SMILES string of the molecule is C=C[C@@H]1C[C@]1(CC(=O)[C@@H]1C[C@@H](Oc2cc(-c3cccc(C(C)C)n3)nc3c(C)c(OC)ccc23)C[C@H]1C(=O)O)C(=O)OCC. The summed E-state index contributed by atoms with van der Waals surface area (Å²) in [4.78, 5) is 48.6. The highest BCUT2D eigenvalue weighted by molar-refractivity contribution is 5.94. The van der Waals surface area contributed by atoms with E-state index in [1.165, 1.54) is 0 Å². The third-order valence-corrected chi connectivity index (χ3v) is 9.13. The lowest BCUT2D eigenvalue weighted by Crippen LogP contribution is -2.31. The fraction of sp³-hybridized carbons (Fsp3) is 0.457. The van der Waals surface area contributed by atoms with Crippen LogP contribution in [0.1, 0.15) is 63.6 Å². The number of Topliss-reactive ketones (excluding diaryl/α,β-unsaturated/α-hetero) is 1. The van der Waals surface area contributed by atoms with Gasteiger partial charge in [0, 0.05) is 35.0 Å². The molecule has 0 unspecified atom stereocenters. The van der Waals surface area contributed by atoms with Crippen molar-refractivity contribution in [3.8, 4) is 22.9 Å². The number of ketones is 1. The van der Waals surface area contributed by atoms with Crippen molar-refractivity contribution < 1.29 is 33.7 Å². The van der Waals surface area contributed by atoms with Crippen LogP contribution in [0.2, 0.25) is 0 Å². The van der Waals surface area contributed by atoms with Crippen molar-refractivity contribution in [1.82, 2.24) is 9.97 Å². The molecule has 44 heavy (non-hydrogen) atoms. The van der Waals surface area contributed by atoms with Crippen molar-refractivity contribution >= 4 is 28.6 Å². The number of rotatable bonds is 12. The zero-order chi connectivity index (χ0) is 31.8. The van der Waals surface area contributed by atoms with E-state index in [0.29, 0.717) is 34.8 Å². The molecule has 9 heteroatoms. The van der Waals surface area contributed by atoms with Gasteiger partial charge in [0.15, 0.2) is 0 Å². The number of methoxy groups -OCH3 is 1. The average Bonchev–Trinajstić information content (AvgIpc) is 3.56. The highest BCUT2D eigenvalue weighted by Gasteiger charge is 2.61. The lowest BCUT2D eigenvalue weighted by Gasteiger charge is -2.19. The third-order valence-electron chi connectivity index (χ3n) is 9.13. The molecule has 0 saturated heterocycles. The molecule has 2 aliphatic carbocycles.